The van der Waals surface area contributed by atoms with Gasteiger partial charge in [0.2, 0.25) is 0 Å². The number of methoxy groups -OCH3 is 1. The van der Waals surface area contributed by atoms with Crippen LogP contribution in [0.5, 0.6) is 0 Å². The maximum Gasteiger partial charge on any atom is 0.317 e. The first-order valence-corrected chi connectivity index (χ1v) is 20.0. The Kier molecular flexibility index (Phi) is 13.1. The second-order valence-corrected chi connectivity index (χ2v) is 16.1. The van der Waals surface area contributed by atoms with E-state index in [0.717, 1.165) is 40.7 Å². The Morgan fingerprint density at radius 1 is 0.927 bits per heavy atom. The molecule has 5 unspecified atom stereocenters. The number of benzene rings is 4. The number of allylic oxidation sites excluding steroid dienone is 2. The van der Waals surface area contributed by atoms with E-state index in [1.54, 1.807) is 12.0 Å². The molecule has 7 nitrogen and oxygen atoms in total. The van der Waals surface area contributed by atoms with Crippen LogP contribution < -0.4 is 5.32 Å². The number of hydrogen-bond donors (Lipinski definition) is 3. The van der Waals surface area contributed by atoms with Gasteiger partial charge in [0.05, 0.1) is 24.3 Å². The van der Waals surface area contributed by atoms with Crippen LogP contribution in [-0.4, -0.2) is 65.4 Å². The monoisotopic (exact) mass is 742 g/mol. The number of ketones is 1. The summed E-state index contributed by atoms with van der Waals surface area (Å²) in [7, 11) is 1.66. The van der Waals surface area contributed by atoms with Gasteiger partial charge in [-0.3, -0.25) is 4.79 Å². The number of hydrogen-bond acceptors (Lipinski definition) is 5. The molecule has 1 fully saturated rings. The Morgan fingerprint density at radius 2 is 1.62 bits per heavy atom. The Labute approximate surface area is 327 Å². The number of nitrogens with one attached hydrogen (secondary N) is 1. The number of ether oxygens (including phenoxy) is 1. The van der Waals surface area contributed by atoms with Gasteiger partial charge in [-0.2, -0.15) is 0 Å². The van der Waals surface area contributed by atoms with E-state index in [-0.39, 0.29) is 30.3 Å². The first-order chi connectivity index (χ1) is 26.5. The van der Waals surface area contributed by atoms with Crippen molar-refractivity contribution in [3.05, 3.63) is 143 Å². The molecule has 0 aliphatic heterocycles. The minimum Gasteiger partial charge on any atom is -0.393 e. The topological polar surface area (TPSA) is 99.1 Å². The smallest absolute Gasteiger partial charge is 0.317 e. The molecule has 3 aliphatic carbocycles. The average Bonchev–Trinajstić information content (AvgIpc) is 3.45. The molecule has 3 N–H and O–H groups in total. The Balaban J connectivity index is 1.37. The summed E-state index contributed by atoms with van der Waals surface area (Å²) in [6.45, 7) is 7.35. The van der Waals surface area contributed by atoms with Crippen LogP contribution in [0.15, 0.2) is 115 Å². The molecule has 0 radical (unpaired) electrons. The van der Waals surface area contributed by atoms with E-state index >= 15 is 0 Å². The van der Waals surface area contributed by atoms with Gasteiger partial charge in [0.1, 0.15) is 0 Å². The van der Waals surface area contributed by atoms with Crippen LogP contribution in [0, 0.1) is 5.41 Å². The summed E-state index contributed by atoms with van der Waals surface area (Å²) in [5.41, 5.74) is 5.50. The van der Waals surface area contributed by atoms with Gasteiger partial charge in [-0.15, -0.1) is 0 Å². The highest BCUT2D eigenvalue weighted by molar-refractivity contribution is 6.10. The zero-order valence-corrected chi connectivity index (χ0v) is 33.0. The van der Waals surface area contributed by atoms with Crippen molar-refractivity contribution in [1.82, 2.24) is 10.2 Å². The van der Waals surface area contributed by atoms with Gasteiger partial charge in [-0.05, 0) is 105 Å². The molecule has 2 amide bonds. The van der Waals surface area contributed by atoms with E-state index in [2.05, 4.69) is 49.5 Å². The zero-order valence-electron chi connectivity index (χ0n) is 33.0. The van der Waals surface area contributed by atoms with Crippen molar-refractivity contribution in [2.24, 2.45) is 5.41 Å². The summed E-state index contributed by atoms with van der Waals surface area (Å²) in [4.78, 5) is 30.5. The third-order valence-corrected chi connectivity index (χ3v) is 12.3. The molecular formula is C48H58N2O5. The van der Waals surface area contributed by atoms with Crippen molar-refractivity contribution in [1.29, 1.82) is 0 Å². The number of carbonyl (C=O) groups excluding carboxylic acids is 2. The molecule has 0 saturated heterocycles. The molecule has 7 heteroatoms. The van der Waals surface area contributed by atoms with Crippen LogP contribution in [0.25, 0.3) is 11.1 Å². The number of aliphatic hydroxyl groups excluding tert-OH is 1. The Morgan fingerprint density at radius 3 is 2.33 bits per heavy atom. The van der Waals surface area contributed by atoms with Crippen LogP contribution in [0.1, 0.15) is 110 Å². The van der Waals surface area contributed by atoms with Crippen LogP contribution >= 0.6 is 0 Å². The van der Waals surface area contributed by atoms with Gasteiger partial charge < -0.3 is 25.2 Å². The highest BCUT2D eigenvalue weighted by atomic mass is 16.5. The number of aliphatic hydroxyl groups is 2. The zero-order chi connectivity index (χ0) is 39.0. The first-order valence-electron chi connectivity index (χ1n) is 20.0. The lowest BCUT2D eigenvalue weighted by Crippen LogP contribution is -2.55. The van der Waals surface area contributed by atoms with Crippen LogP contribution in [-0.2, 0) is 11.2 Å². The highest BCUT2D eigenvalue weighted by Gasteiger charge is 2.57. The third kappa shape index (κ3) is 9.29. The van der Waals surface area contributed by atoms with E-state index in [4.69, 9.17) is 4.74 Å². The molecule has 0 heterocycles. The van der Waals surface area contributed by atoms with Gasteiger partial charge in [-0.1, -0.05) is 116 Å². The first kappa shape index (κ1) is 40.1. The Bertz CT molecular complexity index is 1930. The second-order valence-electron chi connectivity index (χ2n) is 16.1. The standard InChI is InChI=1S/C48H58N2O5/c1-34-13-11-27-47(3)44(26-28-48(47,54)33-50(29-12-30-55-4)46(53)49-35(2)37-14-7-5-8-15-37)42-25-19-36(31-41(51)24-18-34)32-43(42)45(52)40-22-20-39(21-23-40)38-16-9-6-10-17-38/h5-10,13-17,19-23,25,32,35,41,44,51,54H,11-12,18,24,26-31,33H2,1-4H3,(H,49,53). The quantitative estimate of drug-likeness (QED) is 0.0808. The molecule has 4 aromatic carbocycles. The number of nitrogens with zero attached hydrogens (tertiary/aromatic N) is 1. The maximum atomic E-state index is 14.6. The number of rotatable bonds is 11. The summed E-state index contributed by atoms with van der Waals surface area (Å²) in [6, 6.07) is 33.5. The van der Waals surface area contributed by atoms with E-state index in [9.17, 15) is 19.8 Å². The van der Waals surface area contributed by atoms with Gasteiger partial charge in [0, 0.05) is 36.8 Å². The normalized spacial score (nSPS) is 23.3. The lowest BCUT2D eigenvalue weighted by Gasteiger charge is -2.46. The average molecular weight is 743 g/mol. The van der Waals surface area contributed by atoms with Crippen molar-refractivity contribution in [2.45, 2.75) is 95.8 Å². The van der Waals surface area contributed by atoms with Gasteiger partial charge in [-0.25, -0.2) is 4.79 Å². The van der Waals surface area contributed by atoms with Crippen LogP contribution in [0.4, 0.5) is 4.79 Å². The molecule has 5 atom stereocenters. The van der Waals surface area contributed by atoms with Gasteiger partial charge >= 0.3 is 6.03 Å². The minimum absolute atomic E-state index is 0.0676. The third-order valence-electron chi connectivity index (χ3n) is 12.3. The van der Waals surface area contributed by atoms with Crippen molar-refractivity contribution in [3.8, 4) is 11.1 Å². The van der Waals surface area contributed by atoms with E-state index in [1.165, 1.54) is 5.57 Å². The maximum absolute atomic E-state index is 14.6. The van der Waals surface area contributed by atoms with E-state index < -0.39 is 17.1 Å². The van der Waals surface area contributed by atoms with Crippen LogP contribution in [0.2, 0.25) is 0 Å². The molecule has 4 aromatic rings. The molecule has 2 bridgehead atoms. The summed E-state index contributed by atoms with van der Waals surface area (Å²) in [5.74, 6) is -0.218. The number of urea groups is 1. The van der Waals surface area contributed by atoms with Crippen molar-refractivity contribution in [2.75, 3.05) is 26.8 Å². The molecule has 0 aromatic heterocycles. The molecule has 3 aliphatic rings. The summed E-state index contributed by atoms with van der Waals surface area (Å²) < 4.78 is 5.38. The van der Waals surface area contributed by atoms with Crippen molar-refractivity contribution in [3.63, 3.8) is 0 Å². The second kappa shape index (κ2) is 17.9. The predicted molar refractivity (Wildman–Crippen MR) is 220 cm³/mol. The largest absolute Gasteiger partial charge is 0.393 e. The molecule has 7 rings (SSSR count). The van der Waals surface area contributed by atoms with E-state index in [1.807, 2.05) is 85.8 Å². The number of amides is 2. The molecule has 290 valence electrons. The lowest BCUT2D eigenvalue weighted by atomic mass is 9.64. The minimum atomic E-state index is -1.23. The fourth-order valence-corrected chi connectivity index (χ4v) is 8.87. The Hall–Kier alpha value is -4.56. The predicted octanol–water partition coefficient (Wildman–Crippen LogP) is 9.43. The fourth-order valence-electron chi connectivity index (χ4n) is 8.87. The lowest BCUT2D eigenvalue weighted by molar-refractivity contribution is -0.0775. The van der Waals surface area contributed by atoms with Crippen molar-refractivity contribution >= 4 is 11.8 Å². The number of carbonyl (C=O) groups is 2. The fraction of sp³-hybridized carbons (Fsp3) is 0.417. The summed E-state index contributed by atoms with van der Waals surface area (Å²) >= 11 is 0. The van der Waals surface area contributed by atoms with Gasteiger partial charge in [0.25, 0.3) is 0 Å². The summed E-state index contributed by atoms with van der Waals surface area (Å²) in [6.07, 6.45) is 6.78. The molecular weight excluding hydrogens is 685 g/mol. The van der Waals surface area contributed by atoms with E-state index in [0.29, 0.717) is 62.8 Å². The molecule has 0 spiro atoms. The molecule has 55 heavy (non-hydrogen) atoms. The number of fused-ring (bicyclic) bond motifs is 8. The highest BCUT2D eigenvalue weighted by Crippen LogP contribution is 2.59. The van der Waals surface area contributed by atoms with Crippen molar-refractivity contribution < 1.29 is 24.5 Å². The SMILES string of the molecule is COCCCN(CC1(O)CCC2c3ccc(cc3C(=O)c3ccc(-c4ccccc4)cc3)CC(O)CCC(C)=CCCC21C)C(=O)NC(C)c1ccccc1. The summed E-state index contributed by atoms with van der Waals surface area (Å²) in [5, 5.41) is 27.3. The molecule has 1 saturated carbocycles. The van der Waals surface area contributed by atoms with Crippen LogP contribution in [0.3, 0.4) is 0 Å². The van der Waals surface area contributed by atoms with Gasteiger partial charge in [0.15, 0.2) is 5.78 Å².